The highest BCUT2D eigenvalue weighted by molar-refractivity contribution is 5.68. The summed E-state index contributed by atoms with van der Waals surface area (Å²) in [6, 6.07) is 2.57. The van der Waals surface area contributed by atoms with Crippen molar-refractivity contribution in [2.75, 3.05) is 0 Å². The summed E-state index contributed by atoms with van der Waals surface area (Å²) >= 11 is 0. The van der Waals surface area contributed by atoms with E-state index in [1.807, 2.05) is 6.92 Å². The van der Waals surface area contributed by atoms with E-state index in [4.69, 9.17) is 0 Å². The fraction of sp³-hybridized carbons (Fsp3) is 0.429. The summed E-state index contributed by atoms with van der Waals surface area (Å²) in [5.41, 5.74) is 1.14. The molecule has 1 aromatic rings. The van der Waals surface area contributed by atoms with Gasteiger partial charge in [0.2, 0.25) is 0 Å². The lowest BCUT2D eigenvalue weighted by molar-refractivity contribution is 0.502. The van der Waals surface area contributed by atoms with Gasteiger partial charge in [-0.15, -0.1) is 0 Å². The molecule has 0 aliphatic carbocycles. The van der Waals surface area contributed by atoms with Gasteiger partial charge in [-0.05, 0) is 48.6 Å². The van der Waals surface area contributed by atoms with Gasteiger partial charge in [-0.3, -0.25) is 0 Å². The predicted molar refractivity (Wildman–Crippen MR) is 64.3 cm³/mol. The highest BCUT2D eigenvalue weighted by atomic mass is 19.2. The average molecular weight is 242 g/mol. The second-order valence-electron chi connectivity index (χ2n) is 4.08. The standard InChI is InChI=1S/C14H17F3/c1-4-6-11(12(15)5-2)10-7-9(3)14(17)13(16)8-10/h7-8H,4-6H2,1-3H3. The third-order valence-electron chi connectivity index (χ3n) is 2.70. The van der Waals surface area contributed by atoms with Gasteiger partial charge in [0.1, 0.15) is 5.83 Å². The summed E-state index contributed by atoms with van der Waals surface area (Å²) < 4.78 is 40.1. The highest BCUT2D eigenvalue weighted by Gasteiger charge is 2.13. The Hall–Kier alpha value is -1.25. The lowest BCUT2D eigenvalue weighted by Gasteiger charge is -2.10. The summed E-state index contributed by atoms with van der Waals surface area (Å²) in [4.78, 5) is 0. The first kappa shape index (κ1) is 13.8. The van der Waals surface area contributed by atoms with E-state index in [1.54, 1.807) is 6.92 Å². The third kappa shape index (κ3) is 3.11. The van der Waals surface area contributed by atoms with Crippen LogP contribution in [0.25, 0.3) is 5.57 Å². The topological polar surface area (TPSA) is 0 Å². The fourth-order valence-corrected chi connectivity index (χ4v) is 1.80. The van der Waals surface area contributed by atoms with Crippen LogP contribution in [0.2, 0.25) is 0 Å². The first-order chi connectivity index (χ1) is 8.01. The second-order valence-corrected chi connectivity index (χ2v) is 4.08. The van der Waals surface area contributed by atoms with Crippen molar-refractivity contribution in [3.8, 4) is 0 Å². The Balaban J connectivity index is 3.30. The summed E-state index contributed by atoms with van der Waals surface area (Å²) in [5, 5.41) is 0. The maximum atomic E-state index is 13.7. The smallest absolute Gasteiger partial charge is 0.161 e. The summed E-state index contributed by atoms with van der Waals surface area (Å²) in [7, 11) is 0. The molecule has 0 aliphatic heterocycles. The lowest BCUT2D eigenvalue weighted by Crippen LogP contribution is -1.95. The van der Waals surface area contributed by atoms with E-state index in [0.717, 1.165) is 12.5 Å². The Labute approximate surface area is 100 Å². The van der Waals surface area contributed by atoms with Gasteiger partial charge in [0.25, 0.3) is 0 Å². The SMILES string of the molecule is CCCC(=C(F)CC)c1cc(C)c(F)c(F)c1. The van der Waals surface area contributed by atoms with Crippen LogP contribution < -0.4 is 0 Å². The maximum Gasteiger partial charge on any atom is 0.161 e. The van der Waals surface area contributed by atoms with E-state index in [-0.39, 0.29) is 17.8 Å². The highest BCUT2D eigenvalue weighted by Crippen LogP contribution is 2.28. The molecule has 94 valence electrons. The van der Waals surface area contributed by atoms with Crippen molar-refractivity contribution in [2.45, 2.75) is 40.0 Å². The molecule has 0 amide bonds. The Bertz CT molecular complexity index is 410. The fourth-order valence-electron chi connectivity index (χ4n) is 1.80. The number of allylic oxidation sites excluding steroid dienone is 2. The molecular formula is C14H17F3. The predicted octanol–water partition coefficient (Wildman–Crippen LogP) is 5.16. The van der Waals surface area contributed by atoms with Crippen molar-refractivity contribution in [3.63, 3.8) is 0 Å². The number of rotatable bonds is 4. The van der Waals surface area contributed by atoms with Gasteiger partial charge in [0.05, 0.1) is 0 Å². The lowest BCUT2D eigenvalue weighted by atomic mass is 9.97. The van der Waals surface area contributed by atoms with Gasteiger partial charge in [0, 0.05) is 0 Å². The zero-order valence-corrected chi connectivity index (χ0v) is 10.4. The number of hydrogen-bond acceptors (Lipinski definition) is 0. The van der Waals surface area contributed by atoms with Crippen LogP contribution in [0.3, 0.4) is 0 Å². The monoisotopic (exact) mass is 242 g/mol. The zero-order chi connectivity index (χ0) is 13.0. The molecule has 0 bridgehead atoms. The Morgan fingerprint density at radius 1 is 1.18 bits per heavy atom. The number of benzene rings is 1. The summed E-state index contributed by atoms with van der Waals surface area (Å²) in [5.74, 6) is -2.03. The molecule has 17 heavy (non-hydrogen) atoms. The van der Waals surface area contributed by atoms with Crippen molar-refractivity contribution in [2.24, 2.45) is 0 Å². The first-order valence-electron chi connectivity index (χ1n) is 5.84. The van der Waals surface area contributed by atoms with Crippen molar-refractivity contribution in [1.82, 2.24) is 0 Å². The van der Waals surface area contributed by atoms with Crippen molar-refractivity contribution in [3.05, 3.63) is 40.7 Å². The van der Waals surface area contributed by atoms with Crippen molar-refractivity contribution in [1.29, 1.82) is 0 Å². The Morgan fingerprint density at radius 2 is 1.82 bits per heavy atom. The second kappa shape index (κ2) is 5.89. The van der Waals surface area contributed by atoms with Crippen LogP contribution in [0.15, 0.2) is 18.0 Å². The quantitative estimate of drug-likeness (QED) is 0.683. The average Bonchev–Trinajstić information content (AvgIpc) is 2.31. The van der Waals surface area contributed by atoms with Gasteiger partial charge in [-0.1, -0.05) is 20.3 Å². The van der Waals surface area contributed by atoms with Crippen molar-refractivity contribution < 1.29 is 13.2 Å². The van der Waals surface area contributed by atoms with Crippen LogP contribution in [0.1, 0.15) is 44.2 Å². The molecule has 0 radical (unpaired) electrons. The number of halogens is 3. The summed E-state index contributed by atoms with van der Waals surface area (Å²) in [6.45, 7) is 5.11. The van der Waals surface area contributed by atoms with Gasteiger partial charge in [0.15, 0.2) is 11.6 Å². The molecule has 0 nitrogen and oxygen atoms in total. The molecule has 0 heterocycles. The van der Waals surface area contributed by atoms with E-state index in [2.05, 4.69) is 0 Å². The molecule has 0 fully saturated rings. The molecule has 1 rings (SSSR count). The third-order valence-corrected chi connectivity index (χ3v) is 2.70. The van der Waals surface area contributed by atoms with Crippen LogP contribution in [-0.4, -0.2) is 0 Å². The first-order valence-corrected chi connectivity index (χ1v) is 5.84. The van der Waals surface area contributed by atoms with E-state index >= 15 is 0 Å². The maximum absolute atomic E-state index is 13.7. The van der Waals surface area contributed by atoms with Crippen LogP contribution in [-0.2, 0) is 0 Å². The molecule has 1 aromatic carbocycles. The molecule has 0 saturated carbocycles. The van der Waals surface area contributed by atoms with Crippen LogP contribution in [0, 0.1) is 18.6 Å². The number of aryl methyl sites for hydroxylation is 1. The minimum absolute atomic E-state index is 0.206. The largest absolute Gasteiger partial charge is 0.212 e. The minimum Gasteiger partial charge on any atom is -0.212 e. The Kier molecular flexibility index (Phi) is 4.79. The molecule has 3 heteroatoms. The molecule has 0 spiro atoms. The molecule has 0 N–H and O–H groups in total. The van der Waals surface area contributed by atoms with Gasteiger partial charge in [-0.2, -0.15) is 0 Å². The molecule has 0 unspecified atom stereocenters. The van der Waals surface area contributed by atoms with E-state index < -0.39 is 11.6 Å². The van der Waals surface area contributed by atoms with E-state index in [1.165, 1.54) is 13.0 Å². The van der Waals surface area contributed by atoms with Crippen LogP contribution >= 0.6 is 0 Å². The van der Waals surface area contributed by atoms with Gasteiger partial charge < -0.3 is 0 Å². The van der Waals surface area contributed by atoms with E-state index in [9.17, 15) is 13.2 Å². The number of hydrogen-bond donors (Lipinski definition) is 0. The van der Waals surface area contributed by atoms with Gasteiger partial charge >= 0.3 is 0 Å². The molecule has 0 aromatic heterocycles. The zero-order valence-electron chi connectivity index (χ0n) is 10.4. The molecular weight excluding hydrogens is 225 g/mol. The molecule has 0 saturated heterocycles. The molecule has 0 atom stereocenters. The Morgan fingerprint density at radius 3 is 2.29 bits per heavy atom. The van der Waals surface area contributed by atoms with Crippen LogP contribution in [0.4, 0.5) is 13.2 Å². The summed E-state index contributed by atoms with van der Waals surface area (Å²) in [6.07, 6.45) is 1.57. The minimum atomic E-state index is -0.919. The van der Waals surface area contributed by atoms with Crippen LogP contribution in [0.5, 0.6) is 0 Å². The molecule has 0 aliphatic rings. The normalized spacial score (nSPS) is 12.6. The van der Waals surface area contributed by atoms with Crippen molar-refractivity contribution >= 4 is 5.57 Å². The van der Waals surface area contributed by atoms with E-state index in [0.29, 0.717) is 17.6 Å². The van der Waals surface area contributed by atoms with Gasteiger partial charge in [-0.25, -0.2) is 13.2 Å².